The van der Waals surface area contributed by atoms with Crippen LogP contribution in [-0.2, 0) is 13.9 Å². The summed E-state index contributed by atoms with van der Waals surface area (Å²) in [7, 11) is -2.81. The first-order valence-corrected chi connectivity index (χ1v) is 14.4. The number of hydrogen-bond acceptors (Lipinski definition) is 4. The van der Waals surface area contributed by atoms with Crippen LogP contribution in [0.5, 0.6) is 0 Å². The molecule has 1 aliphatic heterocycles. The van der Waals surface area contributed by atoms with Crippen LogP contribution in [0.4, 0.5) is 0 Å². The van der Waals surface area contributed by atoms with Crippen LogP contribution in [0.1, 0.15) is 47.5 Å². The fourth-order valence-corrected chi connectivity index (χ4v) is 10.0. The molecular formula is C30H42O4Si. The predicted molar refractivity (Wildman–Crippen MR) is 147 cm³/mol. The van der Waals surface area contributed by atoms with E-state index in [1.54, 1.807) is 6.08 Å². The van der Waals surface area contributed by atoms with E-state index < -0.39 is 25.6 Å². The summed E-state index contributed by atoms with van der Waals surface area (Å²) in [5, 5.41) is 13.3. The lowest BCUT2D eigenvalue weighted by Crippen LogP contribution is -2.68. The van der Waals surface area contributed by atoms with Crippen molar-refractivity contribution in [1.82, 2.24) is 0 Å². The Kier molecular flexibility index (Phi) is 8.61. The molecule has 0 aliphatic carbocycles. The summed E-state index contributed by atoms with van der Waals surface area (Å²) in [6.45, 7) is 19.4. The Morgan fingerprint density at radius 2 is 1.60 bits per heavy atom. The molecule has 1 aliphatic rings. The van der Waals surface area contributed by atoms with E-state index in [9.17, 15) is 5.11 Å². The van der Waals surface area contributed by atoms with Crippen molar-refractivity contribution in [2.24, 2.45) is 0 Å². The highest BCUT2D eigenvalue weighted by Gasteiger charge is 2.53. The Morgan fingerprint density at radius 3 is 2.06 bits per heavy atom. The quantitative estimate of drug-likeness (QED) is 0.373. The second-order valence-electron chi connectivity index (χ2n) is 11.0. The minimum Gasteiger partial charge on any atom is -0.404 e. The van der Waals surface area contributed by atoms with Gasteiger partial charge < -0.3 is 19.0 Å². The van der Waals surface area contributed by atoms with Gasteiger partial charge in [0.05, 0.1) is 12.2 Å². The molecular weight excluding hydrogens is 452 g/mol. The Labute approximate surface area is 212 Å². The van der Waals surface area contributed by atoms with Crippen LogP contribution >= 0.6 is 0 Å². The highest BCUT2D eigenvalue weighted by Crippen LogP contribution is 2.40. The topological polar surface area (TPSA) is 47.9 Å². The molecule has 0 unspecified atom stereocenters. The zero-order chi connectivity index (χ0) is 25.7. The third-order valence-electron chi connectivity index (χ3n) is 7.24. The summed E-state index contributed by atoms with van der Waals surface area (Å²) in [5.41, 5.74) is -1.67. The molecule has 1 fully saturated rings. The molecule has 2 aromatic carbocycles. The third-order valence-corrected chi connectivity index (χ3v) is 12.2. The van der Waals surface area contributed by atoms with Gasteiger partial charge in [0.25, 0.3) is 8.32 Å². The van der Waals surface area contributed by atoms with E-state index in [1.165, 1.54) is 16.4 Å². The molecule has 1 saturated heterocycles. The van der Waals surface area contributed by atoms with E-state index >= 15 is 0 Å². The van der Waals surface area contributed by atoms with Crippen molar-refractivity contribution in [1.29, 1.82) is 0 Å². The maximum absolute atomic E-state index is 11.1. The zero-order valence-corrected chi connectivity index (χ0v) is 23.0. The molecule has 4 atom stereocenters. The molecule has 1 heterocycles. The summed E-state index contributed by atoms with van der Waals surface area (Å²) in [5.74, 6) is 0. The molecule has 1 N–H and O–H groups in total. The summed E-state index contributed by atoms with van der Waals surface area (Å²) in [6.07, 6.45) is 3.83. The van der Waals surface area contributed by atoms with Gasteiger partial charge in [-0.2, -0.15) is 0 Å². The summed E-state index contributed by atoms with van der Waals surface area (Å²) in [4.78, 5) is 0. The number of hydrogen-bond donors (Lipinski definition) is 1. The van der Waals surface area contributed by atoms with Crippen molar-refractivity contribution in [2.75, 3.05) is 13.2 Å². The van der Waals surface area contributed by atoms with Gasteiger partial charge in [0, 0.05) is 6.61 Å². The Morgan fingerprint density at radius 1 is 1.06 bits per heavy atom. The number of benzene rings is 2. The average Bonchev–Trinajstić information content (AvgIpc) is 2.84. The van der Waals surface area contributed by atoms with E-state index in [0.717, 1.165) is 12.8 Å². The predicted octanol–water partition coefficient (Wildman–Crippen LogP) is 5.01. The fraction of sp³-hybridized carbons (Fsp3) is 0.467. The number of ether oxygens (including phenoxy) is 2. The lowest BCUT2D eigenvalue weighted by Gasteiger charge is -2.49. The fourth-order valence-electron chi connectivity index (χ4n) is 5.35. The van der Waals surface area contributed by atoms with Gasteiger partial charge in [-0.3, -0.25) is 0 Å². The smallest absolute Gasteiger partial charge is 0.261 e. The first-order valence-electron chi connectivity index (χ1n) is 12.5. The van der Waals surface area contributed by atoms with Crippen molar-refractivity contribution >= 4 is 18.7 Å². The molecule has 0 saturated carbocycles. The maximum Gasteiger partial charge on any atom is 0.261 e. The lowest BCUT2D eigenvalue weighted by atomic mass is 9.88. The molecule has 35 heavy (non-hydrogen) atoms. The SMILES string of the molecule is C=C[C@H](O)[C@@](C)(CO[Si](c1ccccc1)(c1ccccc1)C(C)(C)C)O[C@@]1(C)CCCO[C@@H]1C=C. The Hall–Kier alpha value is -2.02. The van der Waals surface area contributed by atoms with E-state index in [1.807, 2.05) is 26.0 Å². The lowest BCUT2D eigenvalue weighted by molar-refractivity contribution is -0.236. The number of aliphatic hydroxyl groups is 1. The molecule has 0 amide bonds. The van der Waals surface area contributed by atoms with Crippen LogP contribution in [0.15, 0.2) is 86.0 Å². The number of rotatable bonds is 10. The molecule has 190 valence electrons. The first-order chi connectivity index (χ1) is 16.5. The van der Waals surface area contributed by atoms with Crippen LogP contribution in [-0.4, -0.2) is 50.0 Å². The third kappa shape index (κ3) is 5.55. The van der Waals surface area contributed by atoms with Gasteiger partial charge in [-0.05, 0) is 42.1 Å². The van der Waals surface area contributed by atoms with Gasteiger partial charge in [0.1, 0.15) is 17.8 Å². The van der Waals surface area contributed by atoms with Crippen molar-refractivity contribution in [3.8, 4) is 0 Å². The standard InChI is InChI=1S/C30H42O4Si/c1-8-26(31)30(7,34-29(6)21-16-22-32-27(29)9-2)23-33-35(28(3,4)5,24-17-12-10-13-18-24)25-19-14-11-15-20-25/h8-15,17-20,26-27,31H,1-2,16,21-23H2,3-7H3/t26-,27+,29-,30+/m0/s1. The molecule has 3 rings (SSSR count). The molecule has 4 nitrogen and oxygen atoms in total. The highest BCUT2D eigenvalue weighted by molar-refractivity contribution is 6.99. The van der Waals surface area contributed by atoms with Gasteiger partial charge in [0.2, 0.25) is 0 Å². The van der Waals surface area contributed by atoms with Gasteiger partial charge in [-0.1, -0.05) is 93.6 Å². The second-order valence-corrected chi connectivity index (χ2v) is 15.3. The summed E-state index contributed by atoms with van der Waals surface area (Å²) in [6, 6.07) is 21.0. The largest absolute Gasteiger partial charge is 0.404 e. The average molecular weight is 495 g/mol. The van der Waals surface area contributed by atoms with Crippen LogP contribution in [0.25, 0.3) is 0 Å². The van der Waals surface area contributed by atoms with Gasteiger partial charge in [-0.25, -0.2) is 0 Å². The normalized spacial score (nSPS) is 23.8. The van der Waals surface area contributed by atoms with Gasteiger partial charge >= 0.3 is 0 Å². The molecule has 0 spiro atoms. The van der Waals surface area contributed by atoms with Crippen molar-refractivity contribution in [2.45, 2.75) is 75.9 Å². The second kappa shape index (κ2) is 10.9. The van der Waals surface area contributed by atoms with Crippen molar-refractivity contribution in [3.05, 3.63) is 86.0 Å². The summed E-state index contributed by atoms with van der Waals surface area (Å²) < 4.78 is 19.9. The van der Waals surface area contributed by atoms with E-state index in [-0.39, 0.29) is 17.7 Å². The van der Waals surface area contributed by atoms with Crippen molar-refractivity contribution < 1.29 is 19.0 Å². The zero-order valence-electron chi connectivity index (χ0n) is 22.0. The minimum absolute atomic E-state index is 0.183. The van der Waals surface area contributed by atoms with E-state index in [2.05, 4.69) is 82.5 Å². The maximum atomic E-state index is 11.1. The van der Waals surface area contributed by atoms with E-state index in [4.69, 9.17) is 13.9 Å². The molecule has 0 bridgehead atoms. The highest BCUT2D eigenvalue weighted by atomic mass is 28.4. The molecule has 2 aromatic rings. The molecule has 0 aromatic heterocycles. The Balaban J connectivity index is 2.07. The van der Waals surface area contributed by atoms with Crippen LogP contribution < -0.4 is 10.4 Å². The molecule has 0 radical (unpaired) electrons. The molecule has 5 heteroatoms. The van der Waals surface area contributed by atoms with Crippen LogP contribution in [0.2, 0.25) is 5.04 Å². The first kappa shape index (κ1) is 27.6. The van der Waals surface area contributed by atoms with Gasteiger partial charge in [0.15, 0.2) is 0 Å². The number of aliphatic hydroxyl groups excluding tert-OH is 1. The van der Waals surface area contributed by atoms with Gasteiger partial charge in [-0.15, -0.1) is 13.2 Å². The van der Waals surface area contributed by atoms with E-state index in [0.29, 0.717) is 6.61 Å². The summed E-state index contributed by atoms with van der Waals surface area (Å²) >= 11 is 0. The van der Waals surface area contributed by atoms with Crippen LogP contribution in [0, 0.1) is 0 Å². The van der Waals surface area contributed by atoms with Crippen LogP contribution in [0.3, 0.4) is 0 Å². The van der Waals surface area contributed by atoms with Crippen molar-refractivity contribution in [3.63, 3.8) is 0 Å². The minimum atomic E-state index is -2.81. The monoisotopic (exact) mass is 494 g/mol. The Bertz CT molecular complexity index is 931.